The number of pyridine rings is 1. The highest BCUT2D eigenvalue weighted by Gasteiger charge is 2.22. The van der Waals surface area contributed by atoms with Gasteiger partial charge in [-0.05, 0) is 47.9 Å². The van der Waals surface area contributed by atoms with Crippen LogP contribution in [0.15, 0.2) is 85.1 Å². The van der Waals surface area contributed by atoms with Crippen LogP contribution in [0.4, 0.5) is 0 Å². The van der Waals surface area contributed by atoms with Crippen LogP contribution in [-0.4, -0.2) is 4.98 Å². The fourth-order valence-electron chi connectivity index (χ4n) is 3.63. The van der Waals surface area contributed by atoms with Crippen molar-refractivity contribution in [2.75, 3.05) is 0 Å². The molecule has 128 valence electrons. The maximum Gasteiger partial charge on any atom is 0.0437 e. The van der Waals surface area contributed by atoms with Crippen LogP contribution in [0.5, 0.6) is 0 Å². The first kappa shape index (κ1) is 17.4. The third-order valence-electron chi connectivity index (χ3n) is 5.26. The minimum Gasteiger partial charge on any atom is -0.261 e. The van der Waals surface area contributed by atoms with Crippen molar-refractivity contribution in [1.82, 2.24) is 4.98 Å². The van der Waals surface area contributed by atoms with Crippen LogP contribution in [0, 0.1) is 0 Å². The summed E-state index contributed by atoms with van der Waals surface area (Å²) < 4.78 is 0. The molecule has 3 rings (SSSR count). The molecule has 1 nitrogen and oxygen atoms in total. The average Bonchev–Trinajstić information content (AvgIpc) is 2.70. The second kappa shape index (κ2) is 8.62. The van der Waals surface area contributed by atoms with Crippen molar-refractivity contribution in [3.8, 4) is 0 Å². The Morgan fingerprint density at radius 2 is 1.28 bits per heavy atom. The molecular weight excluding hydrogens is 302 g/mol. The van der Waals surface area contributed by atoms with E-state index in [-0.39, 0.29) is 0 Å². The van der Waals surface area contributed by atoms with E-state index in [4.69, 9.17) is 0 Å². The summed E-state index contributed by atoms with van der Waals surface area (Å²) in [5, 5.41) is 0. The van der Waals surface area contributed by atoms with Crippen molar-refractivity contribution in [1.29, 1.82) is 0 Å². The summed E-state index contributed by atoms with van der Waals surface area (Å²) in [6.07, 6.45) is 4.25. The van der Waals surface area contributed by atoms with Gasteiger partial charge in [-0.15, -0.1) is 0 Å². The zero-order valence-electron chi connectivity index (χ0n) is 15.2. The zero-order valence-corrected chi connectivity index (χ0v) is 15.2. The number of benzene rings is 2. The lowest BCUT2D eigenvalue weighted by Gasteiger charge is -2.26. The van der Waals surface area contributed by atoms with Crippen LogP contribution in [0.1, 0.15) is 61.3 Å². The normalized spacial score (nSPS) is 14.6. The Labute approximate surface area is 151 Å². The lowest BCUT2D eigenvalue weighted by atomic mass is 9.79. The maximum atomic E-state index is 4.61. The molecule has 3 atom stereocenters. The second-order valence-corrected chi connectivity index (χ2v) is 6.95. The fraction of sp³-hybridized carbons (Fsp3) is 0.292. The van der Waals surface area contributed by atoms with Gasteiger partial charge < -0.3 is 0 Å². The van der Waals surface area contributed by atoms with Crippen molar-refractivity contribution in [2.24, 2.45) is 0 Å². The van der Waals surface area contributed by atoms with E-state index in [9.17, 15) is 0 Å². The molecule has 3 unspecified atom stereocenters. The van der Waals surface area contributed by atoms with Gasteiger partial charge in [0.2, 0.25) is 0 Å². The molecule has 1 heteroatoms. The Kier molecular flexibility index (Phi) is 6.00. The van der Waals surface area contributed by atoms with E-state index in [0.29, 0.717) is 17.8 Å². The molecule has 0 N–H and O–H groups in total. The predicted octanol–water partition coefficient (Wildman–Crippen LogP) is 6.55. The van der Waals surface area contributed by atoms with Crippen molar-refractivity contribution in [2.45, 2.75) is 44.4 Å². The first-order chi connectivity index (χ1) is 12.3. The third-order valence-corrected chi connectivity index (χ3v) is 5.26. The minimum atomic E-state index is 0.409. The van der Waals surface area contributed by atoms with Crippen LogP contribution < -0.4 is 0 Å². The molecular formula is C24H27N. The molecule has 0 saturated carbocycles. The van der Waals surface area contributed by atoms with E-state index in [1.165, 1.54) is 23.2 Å². The van der Waals surface area contributed by atoms with Gasteiger partial charge in [0.05, 0.1) is 0 Å². The molecule has 3 aromatic rings. The summed E-state index contributed by atoms with van der Waals surface area (Å²) in [6, 6.07) is 28.0. The fourth-order valence-corrected chi connectivity index (χ4v) is 3.63. The Bertz CT molecular complexity index is 737. The molecule has 0 fully saturated rings. The van der Waals surface area contributed by atoms with Crippen LogP contribution in [0.3, 0.4) is 0 Å². The minimum absolute atomic E-state index is 0.409. The summed E-state index contributed by atoms with van der Waals surface area (Å²) in [4.78, 5) is 4.61. The second-order valence-electron chi connectivity index (χ2n) is 6.95. The summed E-state index contributed by atoms with van der Waals surface area (Å²) in [6.45, 7) is 4.65. The lowest BCUT2D eigenvalue weighted by Crippen LogP contribution is -2.11. The van der Waals surface area contributed by atoms with E-state index in [2.05, 4.69) is 91.6 Å². The van der Waals surface area contributed by atoms with Gasteiger partial charge in [-0.1, -0.05) is 80.6 Å². The number of hydrogen-bond donors (Lipinski definition) is 0. The number of rotatable bonds is 7. The molecule has 0 radical (unpaired) electrons. The quantitative estimate of drug-likeness (QED) is 0.479. The number of aromatic nitrogens is 1. The average molecular weight is 329 g/mol. The van der Waals surface area contributed by atoms with E-state index >= 15 is 0 Å². The topological polar surface area (TPSA) is 12.9 Å². The molecule has 0 bridgehead atoms. The smallest absolute Gasteiger partial charge is 0.0437 e. The molecule has 0 amide bonds. The van der Waals surface area contributed by atoms with Gasteiger partial charge >= 0.3 is 0 Å². The van der Waals surface area contributed by atoms with E-state index in [1.807, 2.05) is 12.3 Å². The SMILES string of the molecule is CC(CCC(c1ccccc1)C(C)c1ccccn1)c1ccccc1. The molecule has 25 heavy (non-hydrogen) atoms. The van der Waals surface area contributed by atoms with Gasteiger partial charge in [0.15, 0.2) is 0 Å². The van der Waals surface area contributed by atoms with Gasteiger partial charge in [0, 0.05) is 17.8 Å². The molecule has 0 aliphatic carbocycles. The van der Waals surface area contributed by atoms with Crippen molar-refractivity contribution >= 4 is 0 Å². The van der Waals surface area contributed by atoms with Crippen molar-refractivity contribution in [3.05, 3.63) is 102 Å². The largest absolute Gasteiger partial charge is 0.261 e. The van der Waals surface area contributed by atoms with Gasteiger partial charge in [-0.2, -0.15) is 0 Å². The van der Waals surface area contributed by atoms with Crippen LogP contribution in [0.2, 0.25) is 0 Å². The van der Waals surface area contributed by atoms with Gasteiger partial charge in [-0.3, -0.25) is 4.98 Å². The Morgan fingerprint density at radius 3 is 1.88 bits per heavy atom. The molecule has 1 aromatic heterocycles. The number of nitrogens with zero attached hydrogens (tertiary/aromatic N) is 1. The standard InChI is InChI=1S/C24H27N/c1-19(21-11-5-3-6-12-21)16-17-23(22-13-7-4-8-14-22)20(2)24-15-9-10-18-25-24/h3-15,18-20,23H,16-17H2,1-2H3. The number of hydrogen-bond acceptors (Lipinski definition) is 1. The zero-order chi connectivity index (χ0) is 17.5. The van der Waals surface area contributed by atoms with Gasteiger partial charge in [0.1, 0.15) is 0 Å². The highest BCUT2D eigenvalue weighted by Crippen LogP contribution is 2.37. The predicted molar refractivity (Wildman–Crippen MR) is 106 cm³/mol. The highest BCUT2D eigenvalue weighted by atomic mass is 14.7. The Balaban J connectivity index is 1.77. The third kappa shape index (κ3) is 4.57. The van der Waals surface area contributed by atoms with Crippen molar-refractivity contribution in [3.63, 3.8) is 0 Å². The maximum absolute atomic E-state index is 4.61. The van der Waals surface area contributed by atoms with Gasteiger partial charge in [-0.25, -0.2) is 0 Å². The monoisotopic (exact) mass is 329 g/mol. The molecule has 0 spiro atoms. The van der Waals surface area contributed by atoms with Crippen LogP contribution in [0.25, 0.3) is 0 Å². The summed E-state index contributed by atoms with van der Waals surface area (Å²) in [5.74, 6) is 1.47. The highest BCUT2D eigenvalue weighted by molar-refractivity contribution is 5.25. The van der Waals surface area contributed by atoms with Crippen LogP contribution in [-0.2, 0) is 0 Å². The first-order valence-electron chi connectivity index (χ1n) is 9.26. The van der Waals surface area contributed by atoms with E-state index < -0.39 is 0 Å². The molecule has 0 aliphatic heterocycles. The lowest BCUT2D eigenvalue weighted by molar-refractivity contribution is 0.484. The van der Waals surface area contributed by atoms with E-state index in [1.54, 1.807) is 0 Å². The van der Waals surface area contributed by atoms with E-state index in [0.717, 1.165) is 6.42 Å². The van der Waals surface area contributed by atoms with Crippen LogP contribution >= 0.6 is 0 Å². The molecule has 0 saturated heterocycles. The summed E-state index contributed by atoms with van der Waals surface area (Å²) in [7, 11) is 0. The summed E-state index contributed by atoms with van der Waals surface area (Å²) >= 11 is 0. The molecule has 2 aromatic carbocycles. The summed E-state index contributed by atoms with van der Waals surface area (Å²) in [5.41, 5.74) is 4.03. The Morgan fingerprint density at radius 1 is 0.680 bits per heavy atom. The first-order valence-corrected chi connectivity index (χ1v) is 9.26. The Hall–Kier alpha value is -2.41. The molecule has 1 heterocycles. The molecule has 0 aliphatic rings. The van der Waals surface area contributed by atoms with Crippen molar-refractivity contribution < 1.29 is 0 Å². The van der Waals surface area contributed by atoms with Gasteiger partial charge in [0.25, 0.3) is 0 Å².